The molecule has 0 saturated carbocycles. The Morgan fingerprint density at radius 1 is 1.15 bits per heavy atom. The molecule has 0 saturated heterocycles. The number of aryl methyl sites for hydroxylation is 1. The van der Waals surface area contributed by atoms with Crippen LogP contribution in [0.5, 0.6) is 0 Å². The van der Waals surface area contributed by atoms with E-state index in [0.717, 1.165) is 33.7 Å². The van der Waals surface area contributed by atoms with Crippen LogP contribution in [0.2, 0.25) is 10.0 Å². The fourth-order valence-electron chi connectivity index (χ4n) is 1.69. The molecule has 0 spiro atoms. The molecule has 0 aliphatic rings. The lowest BCUT2D eigenvalue weighted by molar-refractivity contribution is 0.932. The van der Waals surface area contributed by atoms with Crippen molar-refractivity contribution in [1.82, 2.24) is 9.97 Å². The van der Waals surface area contributed by atoms with Gasteiger partial charge in [-0.2, -0.15) is 0 Å². The van der Waals surface area contributed by atoms with Gasteiger partial charge in [0.1, 0.15) is 16.7 Å². The third-order valence-electron chi connectivity index (χ3n) is 2.66. The lowest BCUT2D eigenvalue weighted by atomic mass is 10.3. The second-order valence-electron chi connectivity index (χ2n) is 4.26. The Morgan fingerprint density at radius 2 is 1.90 bits per heavy atom. The minimum absolute atomic E-state index is 0.548. The van der Waals surface area contributed by atoms with Crippen molar-refractivity contribution in [2.45, 2.75) is 30.7 Å². The van der Waals surface area contributed by atoms with Crippen molar-refractivity contribution in [2.24, 2.45) is 0 Å². The SMILES string of the molecule is CCNc1nc(C)nc(Sc2ccc(Cl)c(Cl)c2)c1C. The summed E-state index contributed by atoms with van der Waals surface area (Å²) in [6, 6.07) is 5.57. The number of halogens is 2. The summed E-state index contributed by atoms with van der Waals surface area (Å²) in [6.45, 7) is 6.77. The zero-order valence-electron chi connectivity index (χ0n) is 11.5. The van der Waals surface area contributed by atoms with Crippen molar-refractivity contribution in [1.29, 1.82) is 0 Å². The molecule has 0 radical (unpaired) electrons. The van der Waals surface area contributed by atoms with Gasteiger partial charge in [0.2, 0.25) is 0 Å². The Balaban J connectivity index is 2.35. The smallest absolute Gasteiger partial charge is 0.133 e. The summed E-state index contributed by atoms with van der Waals surface area (Å²) in [6.07, 6.45) is 0. The van der Waals surface area contributed by atoms with E-state index in [2.05, 4.69) is 15.3 Å². The molecular formula is C14H15Cl2N3S. The predicted molar refractivity (Wildman–Crippen MR) is 86.3 cm³/mol. The number of benzene rings is 1. The molecule has 1 aromatic carbocycles. The zero-order chi connectivity index (χ0) is 14.7. The summed E-state index contributed by atoms with van der Waals surface area (Å²) in [7, 11) is 0. The van der Waals surface area contributed by atoms with E-state index < -0.39 is 0 Å². The van der Waals surface area contributed by atoms with Gasteiger partial charge in [0.25, 0.3) is 0 Å². The molecule has 0 aliphatic carbocycles. The van der Waals surface area contributed by atoms with Crippen LogP contribution in [0.3, 0.4) is 0 Å². The van der Waals surface area contributed by atoms with Crippen LogP contribution in [-0.4, -0.2) is 16.5 Å². The lowest BCUT2D eigenvalue weighted by Crippen LogP contribution is -2.05. The van der Waals surface area contributed by atoms with Gasteiger partial charge in [-0.1, -0.05) is 35.0 Å². The maximum atomic E-state index is 6.04. The summed E-state index contributed by atoms with van der Waals surface area (Å²) < 4.78 is 0. The van der Waals surface area contributed by atoms with E-state index in [1.807, 2.05) is 32.9 Å². The predicted octanol–water partition coefficient (Wildman–Crippen LogP) is 4.98. The molecule has 1 N–H and O–H groups in total. The van der Waals surface area contributed by atoms with Gasteiger partial charge in [-0.3, -0.25) is 0 Å². The quantitative estimate of drug-likeness (QED) is 0.803. The third kappa shape index (κ3) is 3.57. The van der Waals surface area contributed by atoms with E-state index in [0.29, 0.717) is 10.0 Å². The molecule has 20 heavy (non-hydrogen) atoms. The lowest BCUT2D eigenvalue weighted by Gasteiger charge is -2.11. The van der Waals surface area contributed by atoms with E-state index in [-0.39, 0.29) is 0 Å². The Labute approximate surface area is 133 Å². The molecule has 3 nitrogen and oxygen atoms in total. The monoisotopic (exact) mass is 327 g/mol. The molecule has 6 heteroatoms. The van der Waals surface area contributed by atoms with Crippen LogP contribution < -0.4 is 5.32 Å². The van der Waals surface area contributed by atoms with Crippen LogP contribution >= 0.6 is 35.0 Å². The van der Waals surface area contributed by atoms with Gasteiger partial charge < -0.3 is 5.32 Å². The fourth-order valence-corrected chi connectivity index (χ4v) is 3.02. The van der Waals surface area contributed by atoms with Crippen LogP contribution in [0.1, 0.15) is 18.3 Å². The van der Waals surface area contributed by atoms with Crippen molar-refractivity contribution >= 4 is 40.8 Å². The largest absolute Gasteiger partial charge is 0.370 e. The van der Waals surface area contributed by atoms with Gasteiger partial charge in [-0.25, -0.2) is 9.97 Å². The number of hydrogen-bond donors (Lipinski definition) is 1. The standard InChI is InChI=1S/C14H15Cl2N3S/c1-4-17-13-8(2)14(19-9(3)18-13)20-10-5-6-11(15)12(16)7-10/h5-7H,4H2,1-3H3,(H,17,18,19). The van der Waals surface area contributed by atoms with Crippen molar-refractivity contribution < 1.29 is 0 Å². The van der Waals surface area contributed by atoms with Crippen LogP contribution in [-0.2, 0) is 0 Å². The van der Waals surface area contributed by atoms with Gasteiger partial charge >= 0.3 is 0 Å². The Hall–Kier alpha value is -0.970. The van der Waals surface area contributed by atoms with Gasteiger partial charge in [0.05, 0.1) is 10.0 Å². The molecule has 2 aromatic rings. The molecule has 106 valence electrons. The van der Waals surface area contributed by atoms with Crippen LogP contribution in [0.15, 0.2) is 28.1 Å². The summed E-state index contributed by atoms with van der Waals surface area (Å²) in [5.41, 5.74) is 1.04. The number of hydrogen-bond acceptors (Lipinski definition) is 4. The minimum atomic E-state index is 0.548. The number of anilines is 1. The number of nitrogens with one attached hydrogen (secondary N) is 1. The first-order valence-corrected chi connectivity index (χ1v) is 7.80. The van der Waals surface area contributed by atoms with Gasteiger partial charge in [0, 0.05) is 17.0 Å². The molecule has 2 rings (SSSR count). The molecule has 0 amide bonds. The average Bonchev–Trinajstić information content (AvgIpc) is 2.39. The highest BCUT2D eigenvalue weighted by atomic mass is 35.5. The summed E-state index contributed by atoms with van der Waals surface area (Å²) >= 11 is 13.5. The average molecular weight is 328 g/mol. The first kappa shape index (κ1) is 15.4. The van der Waals surface area contributed by atoms with E-state index in [1.54, 1.807) is 17.8 Å². The van der Waals surface area contributed by atoms with Gasteiger partial charge in [-0.05, 0) is 39.0 Å². The highest BCUT2D eigenvalue weighted by Gasteiger charge is 2.11. The number of aromatic nitrogens is 2. The normalized spacial score (nSPS) is 10.7. The van der Waals surface area contributed by atoms with Crippen molar-refractivity contribution in [2.75, 3.05) is 11.9 Å². The maximum absolute atomic E-state index is 6.04. The highest BCUT2D eigenvalue weighted by molar-refractivity contribution is 7.99. The van der Waals surface area contributed by atoms with Crippen molar-refractivity contribution in [3.8, 4) is 0 Å². The van der Waals surface area contributed by atoms with Crippen molar-refractivity contribution in [3.05, 3.63) is 39.6 Å². The molecule has 0 fully saturated rings. The van der Waals surface area contributed by atoms with Crippen LogP contribution in [0.4, 0.5) is 5.82 Å². The first-order chi connectivity index (χ1) is 9.51. The minimum Gasteiger partial charge on any atom is -0.370 e. The number of nitrogens with zero attached hydrogens (tertiary/aromatic N) is 2. The van der Waals surface area contributed by atoms with E-state index in [1.165, 1.54) is 0 Å². The summed E-state index contributed by atoms with van der Waals surface area (Å²) in [5, 5.41) is 5.28. The molecule has 0 unspecified atom stereocenters. The van der Waals surface area contributed by atoms with Gasteiger partial charge in [0.15, 0.2) is 0 Å². The topological polar surface area (TPSA) is 37.8 Å². The van der Waals surface area contributed by atoms with E-state index in [4.69, 9.17) is 23.2 Å². The Bertz CT molecular complexity index is 632. The highest BCUT2D eigenvalue weighted by Crippen LogP contribution is 2.34. The Kier molecular flexibility index (Phi) is 5.13. The van der Waals surface area contributed by atoms with Crippen LogP contribution in [0, 0.1) is 13.8 Å². The van der Waals surface area contributed by atoms with E-state index >= 15 is 0 Å². The van der Waals surface area contributed by atoms with Gasteiger partial charge in [-0.15, -0.1) is 0 Å². The van der Waals surface area contributed by atoms with Crippen molar-refractivity contribution in [3.63, 3.8) is 0 Å². The molecule has 0 aliphatic heterocycles. The molecule has 1 heterocycles. The maximum Gasteiger partial charge on any atom is 0.133 e. The third-order valence-corrected chi connectivity index (χ3v) is 4.48. The molecule has 1 aromatic heterocycles. The number of rotatable bonds is 4. The molecule has 0 atom stereocenters. The first-order valence-electron chi connectivity index (χ1n) is 6.23. The molecule has 0 bridgehead atoms. The molecular weight excluding hydrogens is 313 g/mol. The second-order valence-corrected chi connectivity index (χ2v) is 6.13. The fraction of sp³-hybridized carbons (Fsp3) is 0.286. The summed E-state index contributed by atoms with van der Waals surface area (Å²) in [5.74, 6) is 1.62. The zero-order valence-corrected chi connectivity index (χ0v) is 13.8. The Morgan fingerprint density at radius 3 is 2.55 bits per heavy atom. The summed E-state index contributed by atoms with van der Waals surface area (Å²) in [4.78, 5) is 9.92. The van der Waals surface area contributed by atoms with E-state index in [9.17, 15) is 0 Å². The van der Waals surface area contributed by atoms with Crippen LogP contribution in [0.25, 0.3) is 0 Å². The second kappa shape index (κ2) is 6.66.